The second-order valence-electron chi connectivity index (χ2n) is 9.31. The first-order chi connectivity index (χ1) is 11.5. The van der Waals surface area contributed by atoms with Crippen LogP contribution in [0.25, 0.3) is 0 Å². The molecule has 2 saturated carbocycles. The van der Waals surface area contributed by atoms with Crippen molar-refractivity contribution in [2.75, 3.05) is 13.7 Å². The summed E-state index contributed by atoms with van der Waals surface area (Å²) in [6.45, 7) is 8.51. The molecule has 7 atom stereocenters. The van der Waals surface area contributed by atoms with Crippen molar-refractivity contribution >= 4 is 0 Å². The minimum absolute atomic E-state index is 0.225. The predicted octanol–water partition coefficient (Wildman–Crippen LogP) is 4.81. The maximum atomic E-state index is 6.14. The minimum Gasteiger partial charge on any atom is -0.497 e. The molecule has 0 aromatic heterocycles. The number of rotatable bonds is 1. The summed E-state index contributed by atoms with van der Waals surface area (Å²) in [5.74, 6) is 4.92. The molecule has 0 unspecified atom stereocenters. The maximum absolute atomic E-state index is 6.14. The molecular weight excluding hydrogens is 296 g/mol. The zero-order valence-electron chi connectivity index (χ0n) is 15.5. The van der Waals surface area contributed by atoms with Crippen LogP contribution < -0.4 is 4.74 Å². The number of methoxy groups -OCH3 is 1. The smallest absolute Gasteiger partial charge is 0.119 e. The van der Waals surface area contributed by atoms with E-state index in [1.807, 2.05) is 0 Å². The molecule has 1 aliphatic heterocycles. The maximum Gasteiger partial charge on any atom is 0.119 e. The summed E-state index contributed by atoms with van der Waals surface area (Å²) in [6.07, 6.45) is 5.25. The predicted molar refractivity (Wildman–Crippen MR) is 95.4 cm³/mol. The quantitative estimate of drug-likeness (QED) is 0.691. The highest BCUT2D eigenvalue weighted by Gasteiger charge is 2.71. The zero-order chi connectivity index (χ0) is 16.7. The van der Waals surface area contributed by atoms with Crippen LogP contribution in [-0.4, -0.2) is 19.3 Å². The molecule has 3 fully saturated rings. The van der Waals surface area contributed by atoms with Gasteiger partial charge in [0.2, 0.25) is 0 Å². The van der Waals surface area contributed by atoms with E-state index in [-0.39, 0.29) is 5.60 Å². The second kappa shape index (κ2) is 4.78. The molecule has 1 aromatic carbocycles. The highest BCUT2D eigenvalue weighted by atomic mass is 16.6. The summed E-state index contributed by atoms with van der Waals surface area (Å²) >= 11 is 0. The molecule has 0 N–H and O–H groups in total. The monoisotopic (exact) mass is 326 g/mol. The Morgan fingerprint density at radius 1 is 1.25 bits per heavy atom. The summed E-state index contributed by atoms with van der Waals surface area (Å²) in [6, 6.07) is 6.82. The van der Waals surface area contributed by atoms with E-state index in [2.05, 4.69) is 39.0 Å². The van der Waals surface area contributed by atoms with Crippen LogP contribution in [0.3, 0.4) is 0 Å². The molecule has 3 aliphatic carbocycles. The molecule has 130 valence electrons. The van der Waals surface area contributed by atoms with Gasteiger partial charge in [0.25, 0.3) is 0 Å². The number of hydrogen-bond donors (Lipinski definition) is 0. The van der Waals surface area contributed by atoms with Crippen LogP contribution in [0, 0.1) is 29.1 Å². The van der Waals surface area contributed by atoms with Gasteiger partial charge < -0.3 is 9.47 Å². The Morgan fingerprint density at radius 3 is 2.75 bits per heavy atom. The fourth-order valence-electron chi connectivity index (χ4n) is 7.19. The Bertz CT molecular complexity index is 677. The van der Waals surface area contributed by atoms with Crippen molar-refractivity contribution in [3.05, 3.63) is 29.3 Å². The standard InChI is InChI=1S/C22H30O2/c1-13-9-15-11-16(23-4)5-6-17(15)18-7-8-21(3)19(20(13)18)10-14(2)22(21)12-24-22/h5-6,11,13-14,18-20H,7-10,12H2,1-4H3/t13-,14+,18-,19-,20-,21+,22+/m1/s1. The number of fused-ring (bicyclic) bond motifs is 6. The molecule has 5 rings (SSSR count). The van der Waals surface area contributed by atoms with Crippen LogP contribution in [0.1, 0.15) is 57.1 Å². The van der Waals surface area contributed by atoms with Gasteiger partial charge in [0.15, 0.2) is 0 Å². The number of hydrogen-bond acceptors (Lipinski definition) is 2. The summed E-state index contributed by atoms with van der Waals surface area (Å²) < 4.78 is 11.6. The van der Waals surface area contributed by atoms with Crippen molar-refractivity contribution in [3.8, 4) is 5.75 Å². The Hall–Kier alpha value is -1.02. The average Bonchev–Trinajstić information content (AvgIpc) is 3.35. The summed E-state index contributed by atoms with van der Waals surface area (Å²) in [5, 5.41) is 0. The Balaban J connectivity index is 1.56. The van der Waals surface area contributed by atoms with Crippen LogP contribution in [-0.2, 0) is 11.2 Å². The molecule has 1 heterocycles. The first-order valence-electron chi connectivity index (χ1n) is 9.81. The number of ether oxygens (including phenoxy) is 2. The summed E-state index contributed by atoms with van der Waals surface area (Å²) in [5.41, 5.74) is 3.79. The number of epoxide rings is 1. The second-order valence-corrected chi connectivity index (χ2v) is 9.31. The Labute approximate surface area is 145 Å². The molecule has 24 heavy (non-hydrogen) atoms. The van der Waals surface area contributed by atoms with E-state index >= 15 is 0 Å². The van der Waals surface area contributed by atoms with E-state index < -0.39 is 0 Å². The van der Waals surface area contributed by atoms with E-state index in [0.717, 1.165) is 41.9 Å². The van der Waals surface area contributed by atoms with Gasteiger partial charge in [-0.1, -0.05) is 26.8 Å². The van der Waals surface area contributed by atoms with Crippen LogP contribution in [0.4, 0.5) is 0 Å². The highest BCUT2D eigenvalue weighted by molar-refractivity contribution is 5.41. The van der Waals surface area contributed by atoms with E-state index in [0.29, 0.717) is 5.41 Å². The van der Waals surface area contributed by atoms with E-state index in [9.17, 15) is 0 Å². The van der Waals surface area contributed by atoms with Gasteiger partial charge in [-0.2, -0.15) is 0 Å². The van der Waals surface area contributed by atoms with Crippen LogP contribution in [0.15, 0.2) is 18.2 Å². The highest BCUT2D eigenvalue weighted by Crippen LogP contribution is 2.71. The number of benzene rings is 1. The van der Waals surface area contributed by atoms with Crippen molar-refractivity contribution in [1.82, 2.24) is 0 Å². The molecule has 0 radical (unpaired) electrons. The van der Waals surface area contributed by atoms with Crippen molar-refractivity contribution in [2.24, 2.45) is 29.1 Å². The van der Waals surface area contributed by atoms with E-state index in [1.54, 1.807) is 12.7 Å². The van der Waals surface area contributed by atoms with Crippen LogP contribution >= 0.6 is 0 Å². The summed E-state index contributed by atoms with van der Waals surface area (Å²) in [4.78, 5) is 0. The molecule has 1 spiro atoms. The Morgan fingerprint density at radius 2 is 2.04 bits per heavy atom. The van der Waals surface area contributed by atoms with Gasteiger partial charge in [0.1, 0.15) is 5.75 Å². The van der Waals surface area contributed by atoms with Gasteiger partial charge in [-0.05, 0) is 78.5 Å². The summed E-state index contributed by atoms with van der Waals surface area (Å²) in [7, 11) is 1.78. The fourth-order valence-corrected chi connectivity index (χ4v) is 7.19. The zero-order valence-corrected chi connectivity index (χ0v) is 15.5. The van der Waals surface area contributed by atoms with Crippen molar-refractivity contribution < 1.29 is 9.47 Å². The molecule has 1 aromatic rings. The normalized spacial score (nSPS) is 48.6. The third-order valence-corrected chi connectivity index (χ3v) is 8.50. The van der Waals surface area contributed by atoms with Crippen molar-refractivity contribution in [3.63, 3.8) is 0 Å². The lowest BCUT2D eigenvalue weighted by atomic mass is 9.51. The largest absolute Gasteiger partial charge is 0.497 e. The average molecular weight is 326 g/mol. The molecule has 1 saturated heterocycles. The molecule has 2 heteroatoms. The molecule has 0 bridgehead atoms. The van der Waals surface area contributed by atoms with Gasteiger partial charge in [-0.15, -0.1) is 0 Å². The lowest BCUT2D eigenvalue weighted by Crippen LogP contribution is -2.48. The van der Waals surface area contributed by atoms with E-state index in [1.165, 1.54) is 31.2 Å². The minimum atomic E-state index is 0.225. The molecule has 4 aliphatic rings. The van der Waals surface area contributed by atoms with E-state index in [4.69, 9.17) is 9.47 Å². The van der Waals surface area contributed by atoms with Gasteiger partial charge >= 0.3 is 0 Å². The first-order valence-corrected chi connectivity index (χ1v) is 9.81. The molecule has 0 amide bonds. The lowest BCUT2D eigenvalue weighted by molar-refractivity contribution is -0.00986. The third kappa shape index (κ3) is 1.71. The SMILES string of the molecule is COc1ccc2c(c1)C[C@@H](C)[C@@H]1[C@@H]2CC[C@@]2(C)[C@@H]1C[C@H](C)[C@@]21CO1. The molecular formula is C22H30O2. The van der Waals surface area contributed by atoms with Gasteiger partial charge in [-0.25, -0.2) is 0 Å². The topological polar surface area (TPSA) is 21.8 Å². The van der Waals surface area contributed by atoms with Crippen LogP contribution in [0.5, 0.6) is 5.75 Å². The van der Waals surface area contributed by atoms with Crippen molar-refractivity contribution in [2.45, 2.75) is 58.0 Å². The Kier molecular flexibility index (Phi) is 3.04. The van der Waals surface area contributed by atoms with Gasteiger partial charge in [-0.3, -0.25) is 0 Å². The molecule has 2 nitrogen and oxygen atoms in total. The fraction of sp³-hybridized carbons (Fsp3) is 0.727. The lowest BCUT2D eigenvalue weighted by Gasteiger charge is -2.52. The van der Waals surface area contributed by atoms with Gasteiger partial charge in [0.05, 0.1) is 19.3 Å². The van der Waals surface area contributed by atoms with Gasteiger partial charge in [0, 0.05) is 5.41 Å². The van der Waals surface area contributed by atoms with Crippen molar-refractivity contribution in [1.29, 1.82) is 0 Å². The van der Waals surface area contributed by atoms with Crippen LogP contribution in [0.2, 0.25) is 0 Å². The third-order valence-electron chi connectivity index (χ3n) is 8.50. The first kappa shape index (κ1) is 15.3.